The maximum Gasteiger partial charge on any atom is 0.416 e. The van der Waals surface area contributed by atoms with Crippen LogP contribution in [0.15, 0.2) is 48.5 Å². The molecule has 2 amide bonds. The lowest BCUT2D eigenvalue weighted by Gasteiger charge is -2.33. The molecular weight excluding hydrogens is 511 g/mol. The van der Waals surface area contributed by atoms with Gasteiger partial charge in [-0.3, -0.25) is 13.9 Å². The van der Waals surface area contributed by atoms with Gasteiger partial charge in [-0.05, 0) is 56.2 Å². The Labute approximate surface area is 215 Å². The smallest absolute Gasteiger partial charge is 0.416 e. The van der Waals surface area contributed by atoms with Crippen LogP contribution in [0.2, 0.25) is 0 Å². The van der Waals surface area contributed by atoms with Crippen LogP contribution in [-0.4, -0.2) is 57.1 Å². The van der Waals surface area contributed by atoms with Gasteiger partial charge in [0.1, 0.15) is 18.3 Å². The number of ether oxygens (including phenoxy) is 1. The number of rotatable bonds is 11. The molecule has 2 rings (SSSR count). The van der Waals surface area contributed by atoms with Crippen molar-refractivity contribution in [2.75, 3.05) is 24.2 Å². The van der Waals surface area contributed by atoms with Crippen LogP contribution in [0.5, 0.6) is 5.75 Å². The highest BCUT2D eigenvalue weighted by Gasteiger charge is 2.34. The molecule has 1 N–H and O–H groups in total. The number of hydrogen-bond acceptors (Lipinski definition) is 5. The molecule has 0 aromatic heterocycles. The fourth-order valence-electron chi connectivity index (χ4n) is 3.68. The summed E-state index contributed by atoms with van der Waals surface area (Å²) >= 11 is 0. The minimum Gasteiger partial charge on any atom is -0.497 e. The van der Waals surface area contributed by atoms with E-state index in [4.69, 9.17) is 4.74 Å². The minimum atomic E-state index is -4.70. The average Bonchev–Trinajstić information content (AvgIpc) is 2.81. The lowest BCUT2D eigenvalue weighted by Crippen LogP contribution is -2.53. The molecule has 0 radical (unpaired) electrons. The van der Waals surface area contributed by atoms with Gasteiger partial charge in [0, 0.05) is 12.6 Å². The highest BCUT2D eigenvalue weighted by molar-refractivity contribution is 7.92. The summed E-state index contributed by atoms with van der Waals surface area (Å²) < 4.78 is 70.7. The standard InChI is InChI=1S/C25H32F3N3O5S/c1-6-22(24(33)29-17(2)3)30(15-18-10-12-21(36-4)13-11-18)23(32)16-31(37(5,34)35)20-9-7-8-19(14-20)25(26,27)28/h7-14,17,22H,6,15-16H2,1-5H3,(H,29,33)/t22-/m1/s1. The van der Waals surface area contributed by atoms with Crippen LogP contribution in [-0.2, 0) is 32.3 Å². The van der Waals surface area contributed by atoms with Crippen molar-refractivity contribution in [1.29, 1.82) is 0 Å². The Bertz CT molecular complexity index is 1180. The molecule has 0 aliphatic heterocycles. The molecule has 8 nitrogen and oxygen atoms in total. The fourth-order valence-corrected chi connectivity index (χ4v) is 4.52. The van der Waals surface area contributed by atoms with Crippen molar-refractivity contribution in [3.8, 4) is 5.75 Å². The molecule has 0 saturated carbocycles. The van der Waals surface area contributed by atoms with E-state index in [0.29, 0.717) is 21.7 Å². The van der Waals surface area contributed by atoms with Gasteiger partial charge in [0.2, 0.25) is 21.8 Å². The van der Waals surface area contributed by atoms with Crippen LogP contribution in [0.25, 0.3) is 0 Å². The topological polar surface area (TPSA) is 96.0 Å². The van der Waals surface area contributed by atoms with Gasteiger partial charge in [-0.1, -0.05) is 25.1 Å². The zero-order valence-corrected chi connectivity index (χ0v) is 22.2. The third-order valence-corrected chi connectivity index (χ3v) is 6.61. The number of benzene rings is 2. The van der Waals surface area contributed by atoms with Crippen molar-refractivity contribution in [3.05, 3.63) is 59.7 Å². The molecule has 0 spiro atoms. The second-order valence-corrected chi connectivity index (χ2v) is 10.7. The lowest BCUT2D eigenvalue weighted by atomic mass is 10.1. The van der Waals surface area contributed by atoms with E-state index < -0.39 is 46.2 Å². The number of alkyl halides is 3. The predicted octanol–water partition coefficient (Wildman–Crippen LogP) is 3.81. The molecular formula is C25H32F3N3O5S. The van der Waals surface area contributed by atoms with Gasteiger partial charge < -0.3 is 15.0 Å². The monoisotopic (exact) mass is 543 g/mol. The predicted molar refractivity (Wildman–Crippen MR) is 135 cm³/mol. The molecule has 204 valence electrons. The Morgan fingerprint density at radius 2 is 1.70 bits per heavy atom. The number of methoxy groups -OCH3 is 1. The molecule has 0 fully saturated rings. The molecule has 0 bridgehead atoms. The number of carbonyl (C=O) groups excluding carboxylic acids is 2. The molecule has 1 atom stereocenters. The molecule has 0 aliphatic rings. The summed E-state index contributed by atoms with van der Waals surface area (Å²) in [5, 5.41) is 2.76. The maximum atomic E-state index is 13.6. The van der Waals surface area contributed by atoms with Crippen molar-refractivity contribution in [3.63, 3.8) is 0 Å². The van der Waals surface area contributed by atoms with Crippen molar-refractivity contribution in [2.45, 2.75) is 52.0 Å². The van der Waals surface area contributed by atoms with E-state index in [9.17, 15) is 31.2 Å². The van der Waals surface area contributed by atoms with Gasteiger partial charge in [-0.15, -0.1) is 0 Å². The molecule has 37 heavy (non-hydrogen) atoms. The minimum absolute atomic E-state index is 0.0347. The molecule has 0 unspecified atom stereocenters. The highest BCUT2D eigenvalue weighted by Crippen LogP contribution is 2.32. The summed E-state index contributed by atoms with van der Waals surface area (Å²) in [6.07, 6.45) is -3.67. The summed E-state index contributed by atoms with van der Waals surface area (Å²) in [6, 6.07) is 9.34. The lowest BCUT2D eigenvalue weighted by molar-refractivity contribution is -0.140. The third-order valence-electron chi connectivity index (χ3n) is 5.47. The first-order valence-electron chi connectivity index (χ1n) is 11.5. The maximum absolute atomic E-state index is 13.6. The van der Waals surface area contributed by atoms with Gasteiger partial charge in [-0.25, -0.2) is 8.42 Å². The summed E-state index contributed by atoms with van der Waals surface area (Å²) in [6.45, 7) is 4.41. The summed E-state index contributed by atoms with van der Waals surface area (Å²) in [4.78, 5) is 27.8. The van der Waals surface area contributed by atoms with E-state index in [-0.39, 0.29) is 24.7 Å². The van der Waals surface area contributed by atoms with Crippen molar-refractivity contribution in [2.24, 2.45) is 0 Å². The molecule has 2 aromatic rings. The summed E-state index contributed by atoms with van der Waals surface area (Å²) in [5.74, 6) is -0.590. The van der Waals surface area contributed by atoms with Crippen LogP contribution in [0.3, 0.4) is 0 Å². The Balaban J connectivity index is 2.48. The fraction of sp³-hybridized carbons (Fsp3) is 0.440. The summed E-state index contributed by atoms with van der Waals surface area (Å²) in [5.41, 5.74) is -0.714. The van der Waals surface area contributed by atoms with E-state index >= 15 is 0 Å². The number of anilines is 1. The van der Waals surface area contributed by atoms with Gasteiger partial charge in [0.05, 0.1) is 24.6 Å². The van der Waals surface area contributed by atoms with Crippen LogP contribution in [0, 0.1) is 0 Å². The van der Waals surface area contributed by atoms with E-state index in [2.05, 4.69) is 5.32 Å². The van der Waals surface area contributed by atoms with Gasteiger partial charge in [0.25, 0.3) is 0 Å². The van der Waals surface area contributed by atoms with Gasteiger partial charge >= 0.3 is 6.18 Å². The first-order valence-corrected chi connectivity index (χ1v) is 13.4. The molecule has 0 saturated heterocycles. The van der Waals surface area contributed by atoms with Gasteiger partial charge in [0.15, 0.2) is 0 Å². The van der Waals surface area contributed by atoms with Crippen LogP contribution in [0.1, 0.15) is 38.3 Å². The number of sulfonamides is 1. The number of halogens is 3. The van der Waals surface area contributed by atoms with Crippen molar-refractivity contribution in [1.82, 2.24) is 10.2 Å². The van der Waals surface area contributed by atoms with Crippen LogP contribution < -0.4 is 14.4 Å². The first-order chi connectivity index (χ1) is 17.2. The van der Waals surface area contributed by atoms with Crippen LogP contribution in [0.4, 0.5) is 18.9 Å². The second kappa shape index (κ2) is 12.3. The normalized spacial score (nSPS) is 12.7. The number of hydrogen-bond donors (Lipinski definition) is 1. The molecule has 12 heteroatoms. The number of carbonyl (C=O) groups is 2. The van der Waals surface area contributed by atoms with E-state index in [1.807, 2.05) is 0 Å². The number of nitrogens with one attached hydrogen (secondary N) is 1. The van der Waals surface area contributed by atoms with E-state index in [1.54, 1.807) is 45.0 Å². The zero-order valence-electron chi connectivity index (χ0n) is 21.4. The first kappa shape index (κ1) is 29.9. The Hall–Kier alpha value is -3.28. The SMILES string of the molecule is CC[C@H](C(=O)NC(C)C)N(Cc1ccc(OC)cc1)C(=O)CN(c1cccc(C(F)(F)F)c1)S(C)(=O)=O. The Morgan fingerprint density at radius 1 is 1.08 bits per heavy atom. The second-order valence-electron chi connectivity index (χ2n) is 8.77. The molecule has 0 heterocycles. The number of amides is 2. The molecule has 0 aliphatic carbocycles. The van der Waals surface area contributed by atoms with E-state index in [1.165, 1.54) is 18.1 Å². The van der Waals surface area contributed by atoms with Crippen molar-refractivity contribution < 1.29 is 35.9 Å². The average molecular weight is 544 g/mol. The van der Waals surface area contributed by atoms with Crippen LogP contribution >= 0.6 is 0 Å². The Kier molecular flexibility index (Phi) is 9.96. The largest absolute Gasteiger partial charge is 0.497 e. The van der Waals surface area contributed by atoms with Crippen molar-refractivity contribution >= 4 is 27.5 Å². The highest BCUT2D eigenvalue weighted by atomic mass is 32.2. The molecule has 2 aromatic carbocycles. The summed E-state index contributed by atoms with van der Waals surface area (Å²) in [7, 11) is -2.66. The van der Waals surface area contributed by atoms with E-state index in [0.717, 1.165) is 18.4 Å². The third kappa shape index (κ3) is 8.38. The number of nitrogens with zero attached hydrogens (tertiary/aromatic N) is 2. The Morgan fingerprint density at radius 3 is 2.19 bits per heavy atom. The zero-order chi connectivity index (χ0) is 28.0. The quantitative estimate of drug-likeness (QED) is 0.465. The van der Waals surface area contributed by atoms with Gasteiger partial charge in [-0.2, -0.15) is 13.2 Å².